The van der Waals surface area contributed by atoms with Crippen LogP contribution in [0, 0.1) is 0 Å². The molecule has 0 aliphatic heterocycles. The van der Waals surface area contributed by atoms with Crippen molar-refractivity contribution >= 4 is 28.6 Å². The molecule has 3 rings (SSSR count). The number of rotatable bonds is 3. The number of thiazole rings is 1. The quantitative estimate of drug-likeness (QED) is 0.921. The van der Waals surface area contributed by atoms with Gasteiger partial charge in [-0.3, -0.25) is 0 Å². The molecule has 1 fully saturated rings. The van der Waals surface area contributed by atoms with Gasteiger partial charge in [0.15, 0.2) is 11.5 Å². The van der Waals surface area contributed by atoms with Crippen LogP contribution in [0.3, 0.4) is 0 Å². The molecule has 2 aromatic rings. The number of hydrogen-bond donors (Lipinski definition) is 1. The third-order valence-electron chi connectivity index (χ3n) is 3.55. The van der Waals surface area contributed by atoms with Gasteiger partial charge in [0.05, 0.1) is 5.69 Å². The second-order valence-corrected chi connectivity index (χ2v) is 5.77. The highest BCUT2D eigenvalue weighted by Crippen LogP contribution is 2.34. The predicted octanol–water partition coefficient (Wildman–Crippen LogP) is 3.93. The summed E-state index contributed by atoms with van der Waals surface area (Å²) in [6.07, 6.45) is 11.8. The summed E-state index contributed by atoms with van der Waals surface area (Å²) >= 11 is 1.45. The first-order valence-corrected chi connectivity index (χ1v) is 7.53. The molecule has 0 amide bonds. The molecule has 5 heteroatoms. The van der Waals surface area contributed by atoms with Crippen LogP contribution in [0.15, 0.2) is 16.2 Å². The highest BCUT2D eigenvalue weighted by Gasteiger charge is 2.21. The lowest BCUT2D eigenvalue weighted by Gasteiger charge is -2.19. The molecule has 19 heavy (non-hydrogen) atoms. The van der Waals surface area contributed by atoms with Gasteiger partial charge in [-0.25, -0.2) is 9.97 Å². The van der Waals surface area contributed by atoms with E-state index >= 15 is 0 Å². The van der Waals surface area contributed by atoms with Gasteiger partial charge in [0.2, 0.25) is 0 Å². The molecule has 2 aromatic heterocycles. The van der Waals surface area contributed by atoms with E-state index in [1.165, 1.54) is 43.4 Å². The zero-order valence-electron chi connectivity index (χ0n) is 10.7. The van der Waals surface area contributed by atoms with E-state index in [2.05, 4.69) is 9.97 Å². The Morgan fingerprint density at radius 1 is 1.26 bits per heavy atom. The molecule has 0 atom stereocenters. The number of nitrogens with zero attached hydrogens (tertiary/aromatic N) is 2. The summed E-state index contributed by atoms with van der Waals surface area (Å²) in [6, 6.07) is 0. The average molecular weight is 275 g/mol. The van der Waals surface area contributed by atoms with E-state index in [0.29, 0.717) is 11.0 Å². The van der Waals surface area contributed by atoms with Crippen LogP contribution in [0.2, 0.25) is 0 Å². The molecule has 2 heterocycles. The summed E-state index contributed by atoms with van der Waals surface area (Å²) in [7, 11) is 0. The Balaban J connectivity index is 1.78. The molecule has 1 saturated carbocycles. The fourth-order valence-electron chi connectivity index (χ4n) is 2.60. The van der Waals surface area contributed by atoms with Crippen molar-refractivity contribution in [3.8, 4) is 0 Å². The maximum atomic E-state index is 5.61. The van der Waals surface area contributed by atoms with E-state index in [1.807, 2.05) is 17.5 Å². The van der Waals surface area contributed by atoms with Gasteiger partial charge in [-0.05, 0) is 25.0 Å². The van der Waals surface area contributed by atoms with Gasteiger partial charge in [-0.15, -0.1) is 11.3 Å². The lowest BCUT2D eigenvalue weighted by atomic mass is 9.87. The van der Waals surface area contributed by atoms with E-state index in [-0.39, 0.29) is 0 Å². The molecule has 2 N–H and O–H groups in total. The first-order valence-electron chi connectivity index (χ1n) is 6.65. The largest absolute Gasteiger partial charge is 0.448 e. The topological polar surface area (TPSA) is 64.9 Å². The van der Waals surface area contributed by atoms with Crippen LogP contribution in [0.1, 0.15) is 55.2 Å². The molecule has 0 radical (unpaired) electrons. The Morgan fingerprint density at radius 3 is 2.84 bits per heavy atom. The number of oxazole rings is 1. The van der Waals surface area contributed by atoms with E-state index in [9.17, 15) is 0 Å². The second-order valence-electron chi connectivity index (χ2n) is 4.88. The zero-order valence-corrected chi connectivity index (χ0v) is 11.5. The first-order chi connectivity index (χ1) is 9.33. The van der Waals surface area contributed by atoms with Gasteiger partial charge < -0.3 is 10.2 Å². The Hall–Kier alpha value is -1.62. The van der Waals surface area contributed by atoms with Crippen LogP contribution in [-0.4, -0.2) is 9.97 Å². The van der Waals surface area contributed by atoms with E-state index in [4.69, 9.17) is 10.2 Å². The van der Waals surface area contributed by atoms with E-state index in [1.54, 1.807) is 6.39 Å². The van der Waals surface area contributed by atoms with Crippen molar-refractivity contribution in [1.82, 2.24) is 9.97 Å². The van der Waals surface area contributed by atoms with Gasteiger partial charge in [0, 0.05) is 11.3 Å². The highest BCUT2D eigenvalue weighted by molar-refractivity contribution is 7.13. The Labute approximate surface area is 116 Å². The van der Waals surface area contributed by atoms with Gasteiger partial charge in [0.25, 0.3) is 0 Å². The van der Waals surface area contributed by atoms with Crippen molar-refractivity contribution in [2.45, 2.75) is 38.0 Å². The van der Waals surface area contributed by atoms with Gasteiger partial charge in [-0.2, -0.15) is 0 Å². The molecule has 0 spiro atoms. The van der Waals surface area contributed by atoms with E-state index < -0.39 is 0 Å². The van der Waals surface area contributed by atoms with Crippen LogP contribution in [0.5, 0.6) is 0 Å². The zero-order chi connectivity index (χ0) is 13.1. The molecule has 0 bridgehead atoms. The van der Waals surface area contributed by atoms with Crippen molar-refractivity contribution < 1.29 is 4.42 Å². The summed E-state index contributed by atoms with van der Waals surface area (Å²) in [6.45, 7) is 0. The van der Waals surface area contributed by atoms with Crippen molar-refractivity contribution in [3.05, 3.63) is 28.9 Å². The van der Waals surface area contributed by atoms with Crippen LogP contribution < -0.4 is 5.73 Å². The van der Waals surface area contributed by atoms with Gasteiger partial charge >= 0.3 is 0 Å². The fourth-order valence-corrected chi connectivity index (χ4v) is 3.13. The molecular formula is C14H17N3OS. The summed E-state index contributed by atoms with van der Waals surface area (Å²) in [5, 5.41) is 2.53. The van der Waals surface area contributed by atoms with Gasteiger partial charge in [-0.1, -0.05) is 19.3 Å². The highest BCUT2D eigenvalue weighted by atomic mass is 32.1. The lowest BCUT2D eigenvalue weighted by Crippen LogP contribution is -2.04. The number of nitrogens with two attached hydrogens (primary N) is 1. The molecule has 100 valence electrons. The number of hydrogen-bond acceptors (Lipinski definition) is 5. The lowest BCUT2D eigenvalue weighted by molar-refractivity contribution is 0.373. The summed E-state index contributed by atoms with van der Waals surface area (Å²) in [5.41, 5.74) is 7.42. The predicted molar refractivity (Wildman–Crippen MR) is 77.8 cm³/mol. The number of aromatic nitrogens is 2. The Kier molecular flexibility index (Phi) is 3.64. The normalized spacial score (nSPS) is 17.3. The molecule has 4 nitrogen and oxygen atoms in total. The fraction of sp³-hybridized carbons (Fsp3) is 0.429. The van der Waals surface area contributed by atoms with Crippen molar-refractivity contribution in [1.29, 1.82) is 0 Å². The minimum Gasteiger partial charge on any atom is -0.448 e. The third-order valence-corrected chi connectivity index (χ3v) is 4.24. The van der Waals surface area contributed by atoms with Crippen LogP contribution in [-0.2, 0) is 0 Å². The Bertz CT molecular complexity index is 567. The molecule has 0 saturated heterocycles. The van der Waals surface area contributed by atoms with E-state index in [0.717, 1.165) is 17.1 Å². The Morgan fingerprint density at radius 2 is 2.11 bits per heavy atom. The molecule has 1 aliphatic rings. The molecule has 0 aromatic carbocycles. The maximum absolute atomic E-state index is 5.61. The van der Waals surface area contributed by atoms with Crippen LogP contribution in [0.4, 0.5) is 5.13 Å². The molecule has 1 aliphatic carbocycles. The van der Waals surface area contributed by atoms with Crippen LogP contribution >= 0.6 is 11.3 Å². The summed E-state index contributed by atoms with van der Waals surface area (Å²) < 4.78 is 5.59. The van der Waals surface area contributed by atoms with Crippen LogP contribution in [0.25, 0.3) is 12.2 Å². The number of nitrogen functional groups attached to an aromatic ring is 1. The average Bonchev–Trinajstić information content (AvgIpc) is 3.06. The second kappa shape index (κ2) is 5.57. The smallest absolute Gasteiger partial charge is 0.181 e. The minimum absolute atomic E-state index is 0.524. The van der Waals surface area contributed by atoms with Gasteiger partial charge in [0.1, 0.15) is 11.5 Å². The minimum atomic E-state index is 0.524. The first kappa shape index (κ1) is 12.4. The molecule has 0 unspecified atom stereocenters. The SMILES string of the molecule is Nc1nc(C=Cc2ncoc2C2CCCCC2)cs1. The third kappa shape index (κ3) is 2.87. The standard InChI is InChI=1S/C14H17N3OS/c15-14-17-11(8-19-14)6-7-12-13(18-9-16-12)10-4-2-1-3-5-10/h6-10H,1-5H2,(H2,15,17). The van der Waals surface area contributed by atoms with Crippen molar-refractivity contribution in [3.63, 3.8) is 0 Å². The maximum Gasteiger partial charge on any atom is 0.181 e. The summed E-state index contributed by atoms with van der Waals surface area (Å²) in [5.74, 6) is 1.55. The summed E-state index contributed by atoms with van der Waals surface area (Å²) in [4.78, 5) is 8.51. The van der Waals surface area contributed by atoms with Crippen molar-refractivity contribution in [2.24, 2.45) is 0 Å². The number of anilines is 1. The van der Waals surface area contributed by atoms with Crippen molar-refractivity contribution in [2.75, 3.05) is 5.73 Å². The monoisotopic (exact) mass is 275 g/mol. The molecular weight excluding hydrogens is 258 g/mol.